The number of aromatic nitrogens is 2. The van der Waals surface area contributed by atoms with Crippen molar-refractivity contribution in [3.8, 4) is 0 Å². The highest BCUT2D eigenvalue weighted by Gasteiger charge is 2.29. The minimum Gasteiger partial charge on any atom is -0.339 e. The molecule has 0 spiro atoms. The zero-order valence-corrected chi connectivity index (χ0v) is 15.0. The maximum Gasteiger partial charge on any atom is 0.253 e. The molecule has 26 heavy (non-hydrogen) atoms. The van der Waals surface area contributed by atoms with E-state index >= 15 is 0 Å². The summed E-state index contributed by atoms with van der Waals surface area (Å²) in [6, 6.07) is 12.0. The average molecular weight is 351 g/mol. The van der Waals surface area contributed by atoms with Crippen LogP contribution in [0.5, 0.6) is 0 Å². The summed E-state index contributed by atoms with van der Waals surface area (Å²) in [7, 11) is 0. The molecule has 2 aliphatic heterocycles. The Kier molecular flexibility index (Phi) is 5.11. The molecular formula is C20H25N5O. The molecular weight excluding hydrogens is 326 g/mol. The summed E-state index contributed by atoms with van der Waals surface area (Å²) < 4.78 is 0. The van der Waals surface area contributed by atoms with Crippen molar-refractivity contribution < 1.29 is 4.79 Å². The minimum atomic E-state index is 0.162. The van der Waals surface area contributed by atoms with Gasteiger partial charge in [0.2, 0.25) is 5.95 Å². The largest absolute Gasteiger partial charge is 0.339 e. The van der Waals surface area contributed by atoms with Crippen molar-refractivity contribution in [3.05, 3.63) is 54.4 Å². The SMILES string of the molecule is O=C(c1ccccc1)N1CCC(N2CCN(c3ncccn3)CC2)CC1. The molecule has 3 heterocycles. The highest BCUT2D eigenvalue weighted by molar-refractivity contribution is 5.94. The van der Waals surface area contributed by atoms with Gasteiger partial charge < -0.3 is 9.80 Å². The Morgan fingerprint density at radius 3 is 2.15 bits per heavy atom. The third kappa shape index (κ3) is 3.70. The van der Waals surface area contributed by atoms with E-state index in [0.29, 0.717) is 6.04 Å². The summed E-state index contributed by atoms with van der Waals surface area (Å²) in [5.41, 5.74) is 0.794. The number of benzene rings is 1. The lowest BCUT2D eigenvalue weighted by atomic mass is 10.0. The molecule has 1 aromatic carbocycles. The van der Waals surface area contributed by atoms with Crippen molar-refractivity contribution in [3.63, 3.8) is 0 Å². The smallest absolute Gasteiger partial charge is 0.253 e. The Morgan fingerprint density at radius 2 is 1.50 bits per heavy atom. The number of piperazine rings is 1. The van der Waals surface area contributed by atoms with Gasteiger partial charge in [0.1, 0.15) is 0 Å². The van der Waals surface area contributed by atoms with E-state index in [9.17, 15) is 4.79 Å². The maximum absolute atomic E-state index is 12.6. The van der Waals surface area contributed by atoms with Gasteiger partial charge in [0, 0.05) is 63.3 Å². The molecule has 4 rings (SSSR count). The minimum absolute atomic E-state index is 0.162. The molecule has 2 aliphatic rings. The lowest BCUT2D eigenvalue weighted by molar-refractivity contribution is 0.0610. The Bertz CT molecular complexity index is 707. The first-order valence-electron chi connectivity index (χ1n) is 9.41. The molecule has 1 aromatic heterocycles. The Hall–Kier alpha value is -2.47. The second-order valence-corrected chi connectivity index (χ2v) is 6.96. The van der Waals surface area contributed by atoms with Crippen molar-refractivity contribution in [2.75, 3.05) is 44.2 Å². The van der Waals surface area contributed by atoms with Gasteiger partial charge in [-0.2, -0.15) is 0 Å². The van der Waals surface area contributed by atoms with Gasteiger partial charge in [-0.25, -0.2) is 9.97 Å². The van der Waals surface area contributed by atoms with E-state index in [0.717, 1.165) is 63.6 Å². The van der Waals surface area contributed by atoms with Crippen LogP contribution in [0.1, 0.15) is 23.2 Å². The number of hydrogen-bond acceptors (Lipinski definition) is 5. The first-order valence-corrected chi connectivity index (χ1v) is 9.41. The third-order valence-electron chi connectivity index (χ3n) is 5.44. The zero-order valence-electron chi connectivity index (χ0n) is 15.0. The summed E-state index contributed by atoms with van der Waals surface area (Å²) in [5, 5.41) is 0. The molecule has 2 fully saturated rings. The number of likely N-dealkylation sites (tertiary alicyclic amines) is 1. The summed E-state index contributed by atoms with van der Waals surface area (Å²) in [6.45, 7) is 5.70. The average Bonchev–Trinajstić information content (AvgIpc) is 2.75. The van der Waals surface area contributed by atoms with Crippen molar-refractivity contribution in [2.24, 2.45) is 0 Å². The highest BCUT2D eigenvalue weighted by atomic mass is 16.2. The number of rotatable bonds is 3. The van der Waals surface area contributed by atoms with Crippen LogP contribution in [0, 0.1) is 0 Å². The molecule has 0 unspecified atom stereocenters. The fraction of sp³-hybridized carbons (Fsp3) is 0.450. The van der Waals surface area contributed by atoms with Crippen LogP contribution in [0.4, 0.5) is 5.95 Å². The van der Waals surface area contributed by atoms with Crippen molar-refractivity contribution in [2.45, 2.75) is 18.9 Å². The number of carbonyl (C=O) groups excluding carboxylic acids is 1. The number of nitrogens with zero attached hydrogens (tertiary/aromatic N) is 5. The molecule has 0 aliphatic carbocycles. The predicted molar refractivity (Wildman–Crippen MR) is 101 cm³/mol. The summed E-state index contributed by atoms with van der Waals surface area (Å²) in [4.78, 5) is 28.1. The van der Waals surface area contributed by atoms with Crippen LogP contribution in [0.25, 0.3) is 0 Å². The van der Waals surface area contributed by atoms with Crippen molar-refractivity contribution in [1.82, 2.24) is 19.8 Å². The topological polar surface area (TPSA) is 52.6 Å². The molecule has 2 aromatic rings. The number of piperidine rings is 1. The van der Waals surface area contributed by atoms with E-state index in [-0.39, 0.29) is 5.91 Å². The van der Waals surface area contributed by atoms with Crippen LogP contribution in [-0.4, -0.2) is 71.0 Å². The van der Waals surface area contributed by atoms with Gasteiger partial charge in [0.25, 0.3) is 5.91 Å². The van der Waals surface area contributed by atoms with Crippen molar-refractivity contribution >= 4 is 11.9 Å². The molecule has 136 valence electrons. The third-order valence-corrected chi connectivity index (χ3v) is 5.44. The Labute approximate surface area is 154 Å². The van der Waals surface area contributed by atoms with Crippen LogP contribution in [0.3, 0.4) is 0 Å². The van der Waals surface area contributed by atoms with Gasteiger partial charge >= 0.3 is 0 Å². The quantitative estimate of drug-likeness (QED) is 0.845. The highest BCUT2D eigenvalue weighted by Crippen LogP contribution is 2.21. The van der Waals surface area contributed by atoms with Gasteiger partial charge in [-0.05, 0) is 31.0 Å². The molecule has 1 amide bonds. The van der Waals surface area contributed by atoms with E-state index < -0.39 is 0 Å². The summed E-state index contributed by atoms with van der Waals surface area (Å²) in [5.74, 6) is 0.991. The number of carbonyl (C=O) groups is 1. The second-order valence-electron chi connectivity index (χ2n) is 6.96. The normalized spacial score (nSPS) is 19.5. The molecule has 6 heteroatoms. The molecule has 6 nitrogen and oxygen atoms in total. The Balaban J connectivity index is 1.27. The van der Waals surface area contributed by atoms with Crippen LogP contribution < -0.4 is 4.90 Å². The number of anilines is 1. The van der Waals surface area contributed by atoms with Gasteiger partial charge in [0.15, 0.2) is 0 Å². The van der Waals surface area contributed by atoms with Gasteiger partial charge in [-0.1, -0.05) is 18.2 Å². The maximum atomic E-state index is 12.6. The van der Waals surface area contributed by atoms with Crippen LogP contribution in [0.2, 0.25) is 0 Å². The second kappa shape index (κ2) is 7.83. The van der Waals surface area contributed by atoms with E-state index in [4.69, 9.17) is 0 Å². The van der Waals surface area contributed by atoms with Crippen molar-refractivity contribution in [1.29, 1.82) is 0 Å². The van der Waals surface area contributed by atoms with Gasteiger partial charge in [-0.15, -0.1) is 0 Å². The molecule has 0 N–H and O–H groups in total. The van der Waals surface area contributed by atoms with Gasteiger partial charge in [0.05, 0.1) is 0 Å². The molecule has 0 saturated carbocycles. The first kappa shape index (κ1) is 17.0. The summed E-state index contributed by atoms with van der Waals surface area (Å²) >= 11 is 0. The van der Waals surface area contributed by atoms with Crippen LogP contribution >= 0.6 is 0 Å². The Morgan fingerprint density at radius 1 is 0.846 bits per heavy atom. The summed E-state index contributed by atoms with van der Waals surface area (Å²) in [6.07, 6.45) is 5.71. The van der Waals surface area contributed by atoms with E-state index in [2.05, 4.69) is 19.8 Å². The molecule has 0 bridgehead atoms. The number of hydrogen-bond donors (Lipinski definition) is 0. The van der Waals surface area contributed by atoms with Crippen LogP contribution in [-0.2, 0) is 0 Å². The van der Waals surface area contributed by atoms with E-state index in [1.54, 1.807) is 12.4 Å². The molecule has 0 atom stereocenters. The van der Waals surface area contributed by atoms with Crippen LogP contribution in [0.15, 0.2) is 48.8 Å². The standard InChI is InChI=1S/C20H25N5O/c26-19(17-5-2-1-3-6-17)24-11-7-18(8-12-24)23-13-15-25(16-14-23)20-21-9-4-10-22-20/h1-6,9-10,18H,7-8,11-16H2. The first-order chi connectivity index (χ1) is 12.8. The zero-order chi connectivity index (χ0) is 17.8. The lowest BCUT2D eigenvalue weighted by Crippen LogP contribution is -2.54. The molecule has 2 saturated heterocycles. The fourth-order valence-corrected chi connectivity index (χ4v) is 3.94. The monoisotopic (exact) mass is 351 g/mol. The van der Waals surface area contributed by atoms with E-state index in [1.165, 1.54) is 0 Å². The van der Waals surface area contributed by atoms with Gasteiger partial charge in [-0.3, -0.25) is 9.69 Å². The lowest BCUT2D eigenvalue weighted by Gasteiger charge is -2.42. The van der Waals surface area contributed by atoms with E-state index in [1.807, 2.05) is 41.3 Å². The fourth-order valence-electron chi connectivity index (χ4n) is 3.94. The molecule has 0 radical (unpaired) electrons. The number of amides is 1. The predicted octanol–water partition coefficient (Wildman–Crippen LogP) is 1.90.